The van der Waals surface area contributed by atoms with E-state index in [0.717, 1.165) is 17.0 Å². The molecule has 2 rings (SSSR count). The summed E-state index contributed by atoms with van der Waals surface area (Å²) in [4.78, 5) is 0. The molecule has 0 bridgehead atoms. The Morgan fingerprint density at radius 3 is 2.68 bits per heavy atom. The maximum atomic E-state index is 5.96. The summed E-state index contributed by atoms with van der Waals surface area (Å²) >= 11 is 0. The van der Waals surface area contributed by atoms with Crippen LogP contribution in [-0.4, -0.2) is 21.6 Å². The molecule has 2 aromatic rings. The minimum Gasteiger partial charge on any atom is -0.491 e. The van der Waals surface area contributed by atoms with E-state index in [1.54, 1.807) is 4.68 Å². The van der Waals surface area contributed by atoms with Crippen molar-refractivity contribution in [2.75, 3.05) is 6.61 Å². The smallest absolute Gasteiger partial charge is 0.122 e. The molecule has 0 fully saturated rings. The maximum absolute atomic E-state index is 5.96. The molecule has 0 atom stereocenters. The van der Waals surface area contributed by atoms with Crippen molar-refractivity contribution in [3.63, 3.8) is 0 Å². The van der Waals surface area contributed by atoms with Crippen molar-refractivity contribution in [1.29, 1.82) is 0 Å². The van der Waals surface area contributed by atoms with Crippen LogP contribution in [0.5, 0.6) is 5.75 Å². The van der Waals surface area contributed by atoms with Crippen LogP contribution in [0.1, 0.15) is 25.1 Å². The number of hydrogen-bond acceptors (Lipinski definition) is 4. The van der Waals surface area contributed by atoms with Crippen molar-refractivity contribution < 1.29 is 4.74 Å². The summed E-state index contributed by atoms with van der Waals surface area (Å²) in [5, 5.41) is 8.11. The Kier molecular flexibility index (Phi) is 3.85. The highest BCUT2D eigenvalue weighted by molar-refractivity contribution is 5.31. The molecule has 0 saturated heterocycles. The lowest BCUT2D eigenvalue weighted by molar-refractivity contribution is 0.288. The number of para-hydroxylation sites is 1. The average molecular weight is 260 g/mol. The molecule has 2 N–H and O–H groups in total. The first-order valence-corrected chi connectivity index (χ1v) is 6.35. The third kappa shape index (κ3) is 3.54. The van der Waals surface area contributed by atoms with Gasteiger partial charge in [0.05, 0.1) is 18.3 Å². The van der Waals surface area contributed by atoms with Gasteiger partial charge in [0.2, 0.25) is 0 Å². The molecule has 0 aliphatic carbocycles. The van der Waals surface area contributed by atoms with Gasteiger partial charge in [0, 0.05) is 0 Å². The highest BCUT2D eigenvalue weighted by Gasteiger charge is 2.18. The lowest BCUT2D eigenvalue weighted by Crippen LogP contribution is -2.29. The minimum atomic E-state index is -0.463. The zero-order valence-corrected chi connectivity index (χ0v) is 11.6. The van der Waals surface area contributed by atoms with Crippen LogP contribution in [0.4, 0.5) is 0 Å². The monoisotopic (exact) mass is 260 g/mol. The Balaban J connectivity index is 1.90. The Bertz CT molecular complexity index is 542. The Hall–Kier alpha value is -1.88. The van der Waals surface area contributed by atoms with E-state index in [4.69, 9.17) is 10.5 Å². The van der Waals surface area contributed by atoms with E-state index in [1.807, 2.05) is 51.2 Å². The first-order chi connectivity index (χ1) is 8.97. The molecular formula is C14H20N4O. The van der Waals surface area contributed by atoms with E-state index < -0.39 is 5.54 Å². The third-order valence-corrected chi connectivity index (χ3v) is 2.87. The molecule has 19 heavy (non-hydrogen) atoms. The van der Waals surface area contributed by atoms with Gasteiger partial charge in [-0.15, -0.1) is 5.10 Å². The molecule has 0 aliphatic rings. The van der Waals surface area contributed by atoms with Gasteiger partial charge in [-0.2, -0.15) is 0 Å². The van der Waals surface area contributed by atoms with Gasteiger partial charge in [-0.05, 0) is 32.4 Å². The first kappa shape index (κ1) is 13.5. The molecular weight excluding hydrogens is 240 g/mol. The van der Waals surface area contributed by atoms with E-state index in [2.05, 4.69) is 10.3 Å². The molecule has 1 aromatic carbocycles. The second-order valence-corrected chi connectivity index (χ2v) is 5.20. The van der Waals surface area contributed by atoms with Gasteiger partial charge in [-0.25, -0.2) is 4.68 Å². The zero-order chi connectivity index (χ0) is 13.9. The van der Waals surface area contributed by atoms with Gasteiger partial charge >= 0.3 is 0 Å². The molecule has 102 valence electrons. The molecule has 1 heterocycles. The Morgan fingerprint density at radius 2 is 2.05 bits per heavy atom. The number of nitrogens with zero attached hydrogens (tertiary/aromatic N) is 3. The van der Waals surface area contributed by atoms with Crippen LogP contribution in [0, 0.1) is 6.92 Å². The number of rotatable bonds is 5. The van der Waals surface area contributed by atoms with Crippen LogP contribution in [0.15, 0.2) is 30.5 Å². The fourth-order valence-electron chi connectivity index (χ4n) is 1.67. The predicted octanol–water partition coefficient (Wildman–Crippen LogP) is 1.86. The summed E-state index contributed by atoms with van der Waals surface area (Å²) in [6.45, 7) is 7.05. The molecule has 0 spiro atoms. The number of hydrogen-bond donors (Lipinski definition) is 1. The first-order valence-electron chi connectivity index (χ1n) is 6.35. The SMILES string of the molecule is Cc1ccccc1OCCn1cc(C(C)(C)N)nn1. The number of aromatic nitrogens is 3. The summed E-state index contributed by atoms with van der Waals surface area (Å²) in [5.41, 5.74) is 7.41. The predicted molar refractivity (Wildman–Crippen MR) is 73.9 cm³/mol. The fraction of sp³-hybridized carbons (Fsp3) is 0.429. The number of aryl methyl sites for hydroxylation is 1. The summed E-state index contributed by atoms with van der Waals surface area (Å²) in [5.74, 6) is 0.905. The van der Waals surface area contributed by atoms with Gasteiger partial charge in [-0.1, -0.05) is 23.4 Å². The van der Waals surface area contributed by atoms with E-state index in [-0.39, 0.29) is 0 Å². The molecule has 0 radical (unpaired) electrons. The van der Waals surface area contributed by atoms with Crippen LogP contribution in [0.3, 0.4) is 0 Å². The number of nitrogens with two attached hydrogens (primary N) is 1. The van der Waals surface area contributed by atoms with Crippen molar-refractivity contribution in [3.05, 3.63) is 41.7 Å². The highest BCUT2D eigenvalue weighted by Crippen LogP contribution is 2.16. The van der Waals surface area contributed by atoms with Crippen molar-refractivity contribution in [2.24, 2.45) is 5.73 Å². The van der Waals surface area contributed by atoms with Gasteiger partial charge in [-0.3, -0.25) is 0 Å². The van der Waals surface area contributed by atoms with Crippen LogP contribution < -0.4 is 10.5 Å². The maximum Gasteiger partial charge on any atom is 0.122 e. The second-order valence-electron chi connectivity index (χ2n) is 5.20. The number of benzene rings is 1. The molecule has 1 aromatic heterocycles. The van der Waals surface area contributed by atoms with Crippen LogP contribution in [0.25, 0.3) is 0 Å². The van der Waals surface area contributed by atoms with Crippen molar-refractivity contribution in [3.8, 4) is 5.75 Å². The van der Waals surface area contributed by atoms with Crippen LogP contribution in [0.2, 0.25) is 0 Å². The molecule has 5 nitrogen and oxygen atoms in total. The summed E-state index contributed by atoms with van der Waals surface area (Å²) in [7, 11) is 0. The molecule has 0 saturated carbocycles. The van der Waals surface area contributed by atoms with Crippen molar-refractivity contribution in [2.45, 2.75) is 32.9 Å². The fourth-order valence-corrected chi connectivity index (χ4v) is 1.67. The Morgan fingerprint density at radius 1 is 1.32 bits per heavy atom. The van der Waals surface area contributed by atoms with Crippen LogP contribution in [-0.2, 0) is 12.1 Å². The summed E-state index contributed by atoms with van der Waals surface area (Å²) in [6, 6.07) is 7.95. The summed E-state index contributed by atoms with van der Waals surface area (Å²) in [6.07, 6.45) is 1.86. The Labute approximate surface area is 113 Å². The van der Waals surface area contributed by atoms with E-state index >= 15 is 0 Å². The second kappa shape index (κ2) is 5.40. The molecule has 0 unspecified atom stereocenters. The van der Waals surface area contributed by atoms with Gasteiger partial charge < -0.3 is 10.5 Å². The van der Waals surface area contributed by atoms with E-state index in [0.29, 0.717) is 13.2 Å². The van der Waals surface area contributed by atoms with Gasteiger partial charge in [0.25, 0.3) is 0 Å². The van der Waals surface area contributed by atoms with Gasteiger partial charge in [0.15, 0.2) is 0 Å². The highest BCUT2D eigenvalue weighted by atomic mass is 16.5. The lowest BCUT2D eigenvalue weighted by Gasteiger charge is -2.13. The quantitative estimate of drug-likeness (QED) is 0.891. The largest absolute Gasteiger partial charge is 0.491 e. The zero-order valence-electron chi connectivity index (χ0n) is 11.6. The molecule has 0 amide bonds. The van der Waals surface area contributed by atoms with E-state index in [1.165, 1.54) is 0 Å². The van der Waals surface area contributed by atoms with Crippen molar-refractivity contribution in [1.82, 2.24) is 15.0 Å². The minimum absolute atomic E-state index is 0.463. The average Bonchev–Trinajstić information content (AvgIpc) is 2.80. The molecule has 0 aliphatic heterocycles. The molecule has 5 heteroatoms. The topological polar surface area (TPSA) is 66.0 Å². The van der Waals surface area contributed by atoms with Crippen LogP contribution >= 0.6 is 0 Å². The van der Waals surface area contributed by atoms with Gasteiger partial charge in [0.1, 0.15) is 18.1 Å². The number of ether oxygens (including phenoxy) is 1. The standard InChI is InChI=1S/C14H20N4O/c1-11-6-4-5-7-12(11)19-9-8-18-10-13(16-17-18)14(2,3)15/h4-7,10H,8-9,15H2,1-3H3. The third-order valence-electron chi connectivity index (χ3n) is 2.87. The van der Waals surface area contributed by atoms with E-state index in [9.17, 15) is 0 Å². The lowest BCUT2D eigenvalue weighted by atomic mass is 10.0. The van der Waals surface area contributed by atoms with Crippen molar-refractivity contribution >= 4 is 0 Å². The normalized spacial score (nSPS) is 11.6. The summed E-state index contributed by atoms with van der Waals surface area (Å²) < 4.78 is 7.47.